The zero-order valence-electron chi connectivity index (χ0n) is 11.0. The number of rotatable bonds is 3. The molecule has 0 saturated carbocycles. The maximum atomic E-state index is 5.96. The standard InChI is InChI=1S/C16H17BrO/c1-11-4-7-16(14(8-11)10-17)18-15-6-5-12(2)13(3)9-15/h4-9H,10H2,1-3H3. The van der Waals surface area contributed by atoms with Gasteiger partial charge in [-0.25, -0.2) is 0 Å². The molecular formula is C16H17BrO. The molecule has 0 saturated heterocycles. The van der Waals surface area contributed by atoms with Crippen LogP contribution in [-0.2, 0) is 5.33 Å². The van der Waals surface area contributed by atoms with Crippen molar-refractivity contribution in [2.45, 2.75) is 26.1 Å². The highest BCUT2D eigenvalue weighted by Gasteiger charge is 2.05. The van der Waals surface area contributed by atoms with Crippen LogP contribution in [0, 0.1) is 20.8 Å². The third-order valence-corrected chi connectivity index (χ3v) is 3.67. The molecule has 0 heterocycles. The zero-order valence-corrected chi connectivity index (χ0v) is 12.5. The highest BCUT2D eigenvalue weighted by molar-refractivity contribution is 9.08. The lowest BCUT2D eigenvalue weighted by Crippen LogP contribution is -1.91. The lowest BCUT2D eigenvalue weighted by molar-refractivity contribution is 0.478. The third-order valence-electron chi connectivity index (χ3n) is 3.07. The topological polar surface area (TPSA) is 9.23 Å². The molecule has 0 aliphatic carbocycles. The van der Waals surface area contributed by atoms with Crippen LogP contribution in [0.4, 0.5) is 0 Å². The molecule has 2 rings (SSSR count). The summed E-state index contributed by atoms with van der Waals surface area (Å²) >= 11 is 3.50. The largest absolute Gasteiger partial charge is 0.457 e. The fourth-order valence-corrected chi connectivity index (χ4v) is 2.25. The number of hydrogen-bond donors (Lipinski definition) is 0. The van der Waals surface area contributed by atoms with Crippen molar-refractivity contribution >= 4 is 15.9 Å². The smallest absolute Gasteiger partial charge is 0.131 e. The summed E-state index contributed by atoms with van der Waals surface area (Å²) in [5.74, 6) is 1.81. The second-order valence-corrected chi connectivity index (χ2v) is 5.15. The molecule has 2 heteroatoms. The molecule has 0 aliphatic rings. The number of alkyl halides is 1. The molecule has 2 aromatic rings. The Hall–Kier alpha value is -1.28. The molecule has 0 aromatic heterocycles. The van der Waals surface area contributed by atoms with Gasteiger partial charge in [-0.1, -0.05) is 39.7 Å². The van der Waals surface area contributed by atoms with Gasteiger partial charge in [-0.2, -0.15) is 0 Å². The Labute approximate surface area is 117 Å². The summed E-state index contributed by atoms with van der Waals surface area (Å²) in [6.45, 7) is 6.30. The fraction of sp³-hybridized carbons (Fsp3) is 0.250. The molecular weight excluding hydrogens is 288 g/mol. The Morgan fingerprint density at radius 2 is 1.72 bits per heavy atom. The molecule has 1 nitrogen and oxygen atoms in total. The van der Waals surface area contributed by atoms with Crippen molar-refractivity contribution in [3.8, 4) is 11.5 Å². The van der Waals surface area contributed by atoms with Gasteiger partial charge in [0.1, 0.15) is 11.5 Å². The average Bonchev–Trinajstić information content (AvgIpc) is 2.36. The van der Waals surface area contributed by atoms with Gasteiger partial charge in [-0.05, 0) is 50.1 Å². The molecule has 0 atom stereocenters. The predicted molar refractivity (Wildman–Crippen MR) is 79.8 cm³/mol. The summed E-state index contributed by atoms with van der Waals surface area (Å²) in [5, 5.41) is 0.800. The number of halogens is 1. The van der Waals surface area contributed by atoms with E-state index in [1.54, 1.807) is 0 Å². The summed E-state index contributed by atoms with van der Waals surface area (Å²) in [5.41, 5.74) is 4.96. The first-order valence-corrected chi connectivity index (χ1v) is 7.13. The van der Waals surface area contributed by atoms with E-state index in [9.17, 15) is 0 Å². The van der Waals surface area contributed by atoms with Crippen molar-refractivity contribution in [3.05, 3.63) is 58.7 Å². The highest BCUT2D eigenvalue weighted by Crippen LogP contribution is 2.28. The highest BCUT2D eigenvalue weighted by atomic mass is 79.9. The minimum atomic E-state index is 0.800. The van der Waals surface area contributed by atoms with Crippen LogP contribution in [0.15, 0.2) is 36.4 Å². The average molecular weight is 305 g/mol. The summed E-state index contributed by atoms with van der Waals surface area (Å²) in [7, 11) is 0. The van der Waals surface area contributed by atoms with E-state index in [4.69, 9.17) is 4.74 Å². The number of ether oxygens (including phenoxy) is 1. The Bertz CT molecular complexity index is 561. The van der Waals surface area contributed by atoms with Crippen LogP contribution in [0.2, 0.25) is 0 Å². The molecule has 2 aromatic carbocycles. The van der Waals surface area contributed by atoms with Crippen LogP contribution in [0.5, 0.6) is 11.5 Å². The number of benzene rings is 2. The van der Waals surface area contributed by atoms with Crippen molar-refractivity contribution in [1.82, 2.24) is 0 Å². The molecule has 0 amide bonds. The Kier molecular flexibility index (Phi) is 4.07. The van der Waals surface area contributed by atoms with E-state index in [0.29, 0.717) is 0 Å². The van der Waals surface area contributed by atoms with Crippen molar-refractivity contribution in [2.24, 2.45) is 0 Å². The van der Waals surface area contributed by atoms with Gasteiger partial charge in [0.05, 0.1) is 0 Å². The van der Waals surface area contributed by atoms with Gasteiger partial charge < -0.3 is 4.74 Å². The van der Waals surface area contributed by atoms with Crippen molar-refractivity contribution in [2.75, 3.05) is 0 Å². The third kappa shape index (κ3) is 2.94. The molecule has 0 unspecified atom stereocenters. The van der Waals surface area contributed by atoms with Gasteiger partial charge in [-0.15, -0.1) is 0 Å². The number of aryl methyl sites for hydroxylation is 3. The molecule has 0 N–H and O–H groups in total. The van der Waals surface area contributed by atoms with Crippen molar-refractivity contribution in [3.63, 3.8) is 0 Å². The molecule has 94 valence electrons. The van der Waals surface area contributed by atoms with E-state index < -0.39 is 0 Å². The second-order valence-electron chi connectivity index (χ2n) is 4.59. The van der Waals surface area contributed by atoms with E-state index in [1.807, 2.05) is 12.1 Å². The first kappa shape index (κ1) is 13.2. The first-order chi connectivity index (χ1) is 8.60. The SMILES string of the molecule is Cc1ccc(Oc2ccc(C)c(C)c2)c(CBr)c1. The quantitative estimate of drug-likeness (QED) is 0.699. The monoisotopic (exact) mass is 304 g/mol. The van der Waals surface area contributed by atoms with Gasteiger partial charge in [-0.3, -0.25) is 0 Å². The van der Waals surface area contributed by atoms with Gasteiger partial charge in [0.2, 0.25) is 0 Å². The van der Waals surface area contributed by atoms with E-state index in [0.717, 1.165) is 16.8 Å². The van der Waals surface area contributed by atoms with Gasteiger partial charge in [0, 0.05) is 10.9 Å². The minimum Gasteiger partial charge on any atom is -0.457 e. The van der Waals surface area contributed by atoms with E-state index >= 15 is 0 Å². The molecule has 0 radical (unpaired) electrons. The molecule has 0 bridgehead atoms. The van der Waals surface area contributed by atoms with Crippen LogP contribution in [0.25, 0.3) is 0 Å². The van der Waals surface area contributed by atoms with Crippen LogP contribution in [0.1, 0.15) is 22.3 Å². The van der Waals surface area contributed by atoms with Crippen LogP contribution in [-0.4, -0.2) is 0 Å². The lowest BCUT2D eigenvalue weighted by atomic mass is 10.1. The molecule has 0 spiro atoms. The van der Waals surface area contributed by atoms with Crippen molar-refractivity contribution < 1.29 is 4.74 Å². The second kappa shape index (κ2) is 5.57. The van der Waals surface area contributed by atoms with Gasteiger partial charge in [0.25, 0.3) is 0 Å². The molecule has 0 aliphatic heterocycles. The fourth-order valence-electron chi connectivity index (χ4n) is 1.82. The van der Waals surface area contributed by atoms with Gasteiger partial charge in [0.15, 0.2) is 0 Å². The maximum absolute atomic E-state index is 5.96. The summed E-state index contributed by atoms with van der Waals surface area (Å²) < 4.78 is 5.96. The van der Waals surface area contributed by atoms with E-state index in [1.165, 1.54) is 22.3 Å². The molecule has 18 heavy (non-hydrogen) atoms. The predicted octanol–water partition coefficient (Wildman–Crippen LogP) is 5.30. The summed E-state index contributed by atoms with van der Waals surface area (Å²) in [4.78, 5) is 0. The van der Waals surface area contributed by atoms with Crippen molar-refractivity contribution in [1.29, 1.82) is 0 Å². The maximum Gasteiger partial charge on any atom is 0.131 e. The first-order valence-electron chi connectivity index (χ1n) is 6.01. The lowest BCUT2D eigenvalue weighted by Gasteiger charge is -2.11. The van der Waals surface area contributed by atoms with Crippen LogP contribution < -0.4 is 4.74 Å². The van der Waals surface area contributed by atoms with Crippen LogP contribution >= 0.6 is 15.9 Å². The normalized spacial score (nSPS) is 10.4. The van der Waals surface area contributed by atoms with E-state index in [-0.39, 0.29) is 0 Å². The summed E-state index contributed by atoms with van der Waals surface area (Å²) in [6.07, 6.45) is 0. The Morgan fingerprint density at radius 3 is 2.39 bits per heavy atom. The van der Waals surface area contributed by atoms with Crippen LogP contribution in [0.3, 0.4) is 0 Å². The van der Waals surface area contributed by atoms with E-state index in [2.05, 4.69) is 61.0 Å². The molecule has 0 fully saturated rings. The van der Waals surface area contributed by atoms with Gasteiger partial charge >= 0.3 is 0 Å². The minimum absolute atomic E-state index is 0.800. The zero-order chi connectivity index (χ0) is 13.1. The Morgan fingerprint density at radius 1 is 0.944 bits per heavy atom. The Balaban J connectivity index is 2.30. The number of hydrogen-bond acceptors (Lipinski definition) is 1. The summed E-state index contributed by atoms with van der Waals surface area (Å²) in [6, 6.07) is 12.4.